The Morgan fingerprint density at radius 1 is 1.24 bits per heavy atom. The molecule has 0 radical (unpaired) electrons. The number of hydrogen-bond donors (Lipinski definition) is 1. The summed E-state index contributed by atoms with van der Waals surface area (Å²) in [6.45, 7) is 4.23. The number of aromatic nitrogens is 1. The fourth-order valence-corrected chi connectivity index (χ4v) is 3.70. The average Bonchev–Trinajstić information content (AvgIpc) is 3.05. The van der Waals surface area contributed by atoms with E-state index in [4.69, 9.17) is 10.5 Å². The van der Waals surface area contributed by atoms with Gasteiger partial charge in [0, 0.05) is 50.2 Å². The number of amides is 1. The van der Waals surface area contributed by atoms with E-state index in [-0.39, 0.29) is 5.91 Å². The number of rotatable bonds is 6. The number of hydrogen-bond acceptors (Lipinski definition) is 6. The van der Waals surface area contributed by atoms with Gasteiger partial charge in [0.15, 0.2) is 5.13 Å². The lowest BCUT2D eigenvalue weighted by molar-refractivity contribution is -0.132. The number of thiazole rings is 1. The van der Waals surface area contributed by atoms with Crippen molar-refractivity contribution in [2.75, 3.05) is 39.0 Å². The van der Waals surface area contributed by atoms with Crippen molar-refractivity contribution in [2.24, 2.45) is 0 Å². The van der Waals surface area contributed by atoms with Gasteiger partial charge >= 0.3 is 0 Å². The van der Waals surface area contributed by atoms with Crippen molar-refractivity contribution in [3.05, 3.63) is 40.9 Å². The molecule has 0 unspecified atom stereocenters. The van der Waals surface area contributed by atoms with Gasteiger partial charge in [0.05, 0.1) is 7.11 Å². The molecule has 0 spiro atoms. The predicted octanol–water partition coefficient (Wildman–Crippen LogP) is 2.01. The molecule has 1 aromatic carbocycles. The molecule has 2 N–H and O–H groups in total. The molecule has 1 saturated heterocycles. The number of nitrogens with two attached hydrogens (primary N) is 1. The topological polar surface area (TPSA) is 71.7 Å². The highest BCUT2D eigenvalue weighted by Gasteiger charge is 2.21. The zero-order valence-electron chi connectivity index (χ0n) is 14.5. The lowest BCUT2D eigenvalue weighted by Gasteiger charge is -2.34. The number of aryl methyl sites for hydroxylation is 1. The molecule has 6 nitrogen and oxygen atoms in total. The second kappa shape index (κ2) is 8.31. The molecule has 1 fully saturated rings. The second-order valence-electron chi connectivity index (χ2n) is 6.17. The van der Waals surface area contributed by atoms with E-state index >= 15 is 0 Å². The van der Waals surface area contributed by atoms with E-state index in [1.54, 1.807) is 7.11 Å². The number of carbonyl (C=O) groups is 1. The Bertz CT molecular complexity index is 693. The van der Waals surface area contributed by atoms with Crippen LogP contribution in [0.5, 0.6) is 5.75 Å². The predicted molar refractivity (Wildman–Crippen MR) is 99.7 cm³/mol. The number of anilines is 1. The van der Waals surface area contributed by atoms with E-state index in [0.29, 0.717) is 11.6 Å². The molecular weight excluding hydrogens is 336 g/mol. The minimum Gasteiger partial charge on any atom is -0.497 e. The summed E-state index contributed by atoms with van der Waals surface area (Å²) in [5, 5.41) is 0.613. The number of ether oxygens (including phenoxy) is 1. The van der Waals surface area contributed by atoms with Gasteiger partial charge in [-0.05, 0) is 24.1 Å². The van der Waals surface area contributed by atoms with Crippen LogP contribution in [0.1, 0.15) is 16.9 Å². The Balaban J connectivity index is 1.41. The highest BCUT2D eigenvalue weighted by Crippen LogP contribution is 2.18. The third kappa shape index (κ3) is 4.93. The standard InChI is InChI=1S/C18H24N4O2S/c1-24-15-5-2-14(3-6-15)4-7-17(23)22-10-8-21(9-11-22)13-16-12-20-18(19)25-16/h2-3,5-6,12H,4,7-11,13H2,1H3,(H2,19,20). The summed E-state index contributed by atoms with van der Waals surface area (Å²) >= 11 is 1.53. The van der Waals surface area contributed by atoms with Gasteiger partial charge in [0.25, 0.3) is 0 Å². The average molecular weight is 360 g/mol. The van der Waals surface area contributed by atoms with E-state index in [9.17, 15) is 4.79 Å². The highest BCUT2D eigenvalue weighted by molar-refractivity contribution is 7.15. The number of methoxy groups -OCH3 is 1. The Morgan fingerprint density at radius 2 is 1.96 bits per heavy atom. The van der Waals surface area contributed by atoms with E-state index in [1.165, 1.54) is 16.2 Å². The molecule has 25 heavy (non-hydrogen) atoms. The van der Waals surface area contributed by atoms with Crippen molar-refractivity contribution >= 4 is 22.4 Å². The molecule has 2 heterocycles. The van der Waals surface area contributed by atoms with Crippen LogP contribution < -0.4 is 10.5 Å². The maximum absolute atomic E-state index is 12.4. The van der Waals surface area contributed by atoms with E-state index in [2.05, 4.69) is 9.88 Å². The van der Waals surface area contributed by atoms with Crippen molar-refractivity contribution in [3.63, 3.8) is 0 Å². The Morgan fingerprint density at radius 3 is 2.56 bits per heavy atom. The van der Waals surface area contributed by atoms with Crippen LogP contribution in [0.4, 0.5) is 5.13 Å². The Hall–Kier alpha value is -2.12. The van der Waals surface area contributed by atoms with E-state index < -0.39 is 0 Å². The van der Waals surface area contributed by atoms with Gasteiger partial charge in [-0.2, -0.15) is 0 Å². The summed E-state index contributed by atoms with van der Waals surface area (Å²) in [7, 11) is 1.65. The van der Waals surface area contributed by atoms with Gasteiger partial charge in [0.1, 0.15) is 5.75 Å². The van der Waals surface area contributed by atoms with Crippen molar-refractivity contribution < 1.29 is 9.53 Å². The third-order valence-corrected chi connectivity index (χ3v) is 5.27. The van der Waals surface area contributed by atoms with Gasteiger partial charge in [-0.15, -0.1) is 11.3 Å². The second-order valence-corrected chi connectivity index (χ2v) is 7.32. The smallest absolute Gasteiger partial charge is 0.222 e. The summed E-state index contributed by atoms with van der Waals surface area (Å²) in [6, 6.07) is 7.91. The first-order chi connectivity index (χ1) is 12.1. The fraction of sp³-hybridized carbons (Fsp3) is 0.444. The van der Waals surface area contributed by atoms with Crippen molar-refractivity contribution in [1.82, 2.24) is 14.8 Å². The van der Waals surface area contributed by atoms with Crippen molar-refractivity contribution in [3.8, 4) is 5.75 Å². The molecule has 1 aliphatic heterocycles. The number of carbonyl (C=O) groups excluding carboxylic acids is 1. The molecule has 0 saturated carbocycles. The van der Waals surface area contributed by atoms with Crippen LogP contribution in [0.3, 0.4) is 0 Å². The molecule has 0 atom stereocenters. The summed E-state index contributed by atoms with van der Waals surface area (Å²) in [5.41, 5.74) is 6.83. The van der Waals surface area contributed by atoms with Crippen LogP contribution in [0, 0.1) is 0 Å². The zero-order valence-corrected chi connectivity index (χ0v) is 15.3. The van der Waals surface area contributed by atoms with Gasteiger partial charge < -0.3 is 15.4 Å². The molecule has 1 aromatic heterocycles. The monoisotopic (exact) mass is 360 g/mol. The van der Waals surface area contributed by atoms with Crippen LogP contribution in [0.2, 0.25) is 0 Å². The van der Waals surface area contributed by atoms with E-state index in [0.717, 1.165) is 50.5 Å². The van der Waals surface area contributed by atoms with Crippen LogP contribution in [-0.4, -0.2) is 54.0 Å². The van der Waals surface area contributed by atoms with Crippen LogP contribution in [-0.2, 0) is 17.8 Å². The molecule has 134 valence electrons. The summed E-state index contributed by atoms with van der Waals surface area (Å²) in [4.78, 5) is 22.0. The zero-order chi connectivity index (χ0) is 17.6. The summed E-state index contributed by atoms with van der Waals surface area (Å²) in [6.07, 6.45) is 3.16. The van der Waals surface area contributed by atoms with Crippen LogP contribution in [0.25, 0.3) is 0 Å². The molecule has 1 amide bonds. The minimum atomic E-state index is 0.234. The SMILES string of the molecule is COc1ccc(CCC(=O)N2CCN(Cc3cnc(N)s3)CC2)cc1. The fourth-order valence-electron chi connectivity index (χ4n) is 2.97. The molecule has 1 aliphatic rings. The number of benzene rings is 1. The quantitative estimate of drug-likeness (QED) is 0.853. The first-order valence-electron chi connectivity index (χ1n) is 8.47. The highest BCUT2D eigenvalue weighted by atomic mass is 32.1. The maximum Gasteiger partial charge on any atom is 0.222 e. The summed E-state index contributed by atoms with van der Waals surface area (Å²) in [5.74, 6) is 1.08. The van der Waals surface area contributed by atoms with Crippen molar-refractivity contribution in [2.45, 2.75) is 19.4 Å². The largest absolute Gasteiger partial charge is 0.497 e. The first-order valence-corrected chi connectivity index (χ1v) is 9.29. The third-order valence-electron chi connectivity index (χ3n) is 4.46. The maximum atomic E-state index is 12.4. The Kier molecular flexibility index (Phi) is 5.88. The number of nitrogens with zero attached hydrogens (tertiary/aromatic N) is 3. The lowest BCUT2D eigenvalue weighted by atomic mass is 10.1. The molecule has 3 rings (SSSR count). The van der Waals surface area contributed by atoms with Gasteiger partial charge in [-0.1, -0.05) is 12.1 Å². The normalized spacial score (nSPS) is 15.3. The molecule has 7 heteroatoms. The van der Waals surface area contributed by atoms with E-state index in [1.807, 2.05) is 35.4 Å². The van der Waals surface area contributed by atoms with Crippen LogP contribution >= 0.6 is 11.3 Å². The minimum absolute atomic E-state index is 0.234. The molecular formula is C18H24N4O2S. The molecule has 0 aliphatic carbocycles. The van der Waals surface area contributed by atoms with Gasteiger partial charge in [0.2, 0.25) is 5.91 Å². The Labute approximate surface area is 152 Å². The molecule has 2 aromatic rings. The number of piperazine rings is 1. The first kappa shape index (κ1) is 17.7. The van der Waals surface area contributed by atoms with Crippen molar-refractivity contribution in [1.29, 1.82) is 0 Å². The molecule has 0 bridgehead atoms. The summed E-state index contributed by atoms with van der Waals surface area (Å²) < 4.78 is 5.15. The number of nitrogen functional groups attached to an aromatic ring is 1. The van der Waals surface area contributed by atoms with Gasteiger partial charge in [-0.3, -0.25) is 9.69 Å². The lowest BCUT2D eigenvalue weighted by Crippen LogP contribution is -2.48. The van der Waals surface area contributed by atoms with Gasteiger partial charge in [-0.25, -0.2) is 4.98 Å². The van der Waals surface area contributed by atoms with Crippen LogP contribution in [0.15, 0.2) is 30.5 Å².